The lowest BCUT2D eigenvalue weighted by atomic mass is 9.86. The van der Waals surface area contributed by atoms with E-state index in [-0.39, 0.29) is 35.0 Å². The molecule has 0 bridgehead atoms. The van der Waals surface area contributed by atoms with E-state index in [1.165, 1.54) is 11.8 Å². The number of amidine groups is 2. The van der Waals surface area contributed by atoms with Gasteiger partial charge >= 0.3 is 0 Å². The maximum Gasteiger partial charge on any atom is 0.182 e. The van der Waals surface area contributed by atoms with Crippen molar-refractivity contribution in [3.8, 4) is 17.2 Å². The average Bonchev–Trinajstić information content (AvgIpc) is 3.06. The number of hydrogen-bond acceptors (Lipinski definition) is 7. The standard InChI is InChI=1S/C24H27N3O4S/c1-12-13(2)21-19(14(3)20(12)29)17(28)10-24(4,31-21)11-30-16-7-5-15(6-8-16)9-18-22(25)27-23(26)32-18/h5-8,18,29H,9-11H2,1-4H3,(H3,25,26,27). The summed E-state index contributed by atoms with van der Waals surface area (Å²) in [5, 5.41) is 18.2. The molecule has 2 aliphatic heterocycles. The summed E-state index contributed by atoms with van der Waals surface area (Å²) in [4.78, 5) is 16.9. The zero-order chi connectivity index (χ0) is 23.2. The molecule has 2 aromatic carbocycles. The van der Waals surface area contributed by atoms with Gasteiger partial charge in [0.2, 0.25) is 0 Å². The third-order valence-electron chi connectivity index (χ3n) is 6.08. The highest BCUT2D eigenvalue weighted by molar-refractivity contribution is 8.15. The number of phenolic OH excluding ortho intramolecular Hbond substituents is 1. The van der Waals surface area contributed by atoms with Crippen LogP contribution in [0.1, 0.15) is 46.0 Å². The molecule has 2 aliphatic rings. The van der Waals surface area contributed by atoms with Crippen LogP contribution < -0.4 is 15.2 Å². The van der Waals surface area contributed by atoms with Crippen molar-refractivity contribution in [2.75, 3.05) is 6.61 Å². The largest absolute Gasteiger partial charge is 0.507 e. The normalized spacial score (nSPS) is 22.4. The summed E-state index contributed by atoms with van der Waals surface area (Å²) in [7, 11) is 0. The summed E-state index contributed by atoms with van der Waals surface area (Å²) in [5.41, 5.74) is 8.67. The molecule has 2 heterocycles. The van der Waals surface area contributed by atoms with Gasteiger partial charge in [-0.05, 0) is 62.9 Å². The van der Waals surface area contributed by atoms with Crippen LogP contribution >= 0.6 is 11.8 Å². The van der Waals surface area contributed by atoms with Gasteiger partial charge in [0.1, 0.15) is 35.3 Å². The SMILES string of the molecule is Cc1c(C)c2c(c(C)c1O)C(=O)CC(C)(COc1ccc(CC3SC(=N)N=C3N)cc1)O2. The van der Waals surface area contributed by atoms with E-state index in [0.717, 1.165) is 16.7 Å². The molecule has 0 aliphatic carbocycles. The molecule has 0 radical (unpaired) electrons. The van der Waals surface area contributed by atoms with E-state index in [4.69, 9.17) is 20.6 Å². The van der Waals surface area contributed by atoms with E-state index in [1.54, 1.807) is 6.92 Å². The summed E-state index contributed by atoms with van der Waals surface area (Å²) in [6, 6.07) is 7.70. The highest BCUT2D eigenvalue weighted by Gasteiger charge is 2.40. The number of nitrogens with two attached hydrogens (primary N) is 1. The van der Waals surface area contributed by atoms with Crippen molar-refractivity contribution in [3.63, 3.8) is 0 Å². The van der Waals surface area contributed by atoms with Crippen LogP contribution in [0.2, 0.25) is 0 Å². The molecule has 2 unspecified atom stereocenters. The smallest absolute Gasteiger partial charge is 0.182 e. The minimum absolute atomic E-state index is 0.00973. The molecule has 0 spiro atoms. The molecule has 4 N–H and O–H groups in total. The summed E-state index contributed by atoms with van der Waals surface area (Å²) in [5.74, 6) is 1.80. The molecule has 0 saturated carbocycles. The fourth-order valence-electron chi connectivity index (χ4n) is 4.09. The summed E-state index contributed by atoms with van der Waals surface area (Å²) in [6.07, 6.45) is 0.865. The number of rotatable bonds is 5. The first-order valence-electron chi connectivity index (χ1n) is 10.4. The number of ketones is 1. The highest BCUT2D eigenvalue weighted by atomic mass is 32.2. The molecule has 0 amide bonds. The molecule has 0 aromatic heterocycles. The van der Waals surface area contributed by atoms with Crippen LogP contribution in [0.5, 0.6) is 17.2 Å². The van der Waals surface area contributed by atoms with Crippen molar-refractivity contribution in [2.24, 2.45) is 10.7 Å². The number of ether oxygens (including phenoxy) is 2. The zero-order valence-electron chi connectivity index (χ0n) is 18.6. The number of thioether (sulfide) groups is 1. The second-order valence-corrected chi connectivity index (χ2v) is 9.86. The van der Waals surface area contributed by atoms with Gasteiger partial charge < -0.3 is 20.3 Å². The fourth-order valence-corrected chi connectivity index (χ4v) is 4.97. The minimum Gasteiger partial charge on any atom is -0.507 e. The predicted octanol–water partition coefficient (Wildman–Crippen LogP) is 4.07. The maximum absolute atomic E-state index is 12.9. The number of hydrogen-bond donors (Lipinski definition) is 3. The first-order chi connectivity index (χ1) is 15.1. The molecule has 32 heavy (non-hydrogen) atoms. The Morgan fingerprint density at radius 1 is 1.25 bits per heavy atom. The Morgan fingerprint density at radius 3 is 2.56 bits per heavy atom. The third-order valence-corrected chi connectivity index (χ3v) is 7.09. The molecule has 4 rings (SSSR count). The summed E-state index contributed by atoms with van der Waals surface area (Å²) in [6.45, 7) is 7.50. The van der Waals surface area contributed by atoms with Gasteiger partial charge in [-0.2, -0.15) is 0 Å². The van der Waals surface area contributed by atoms with E-state index in [0.29, 0.717) is 34.9 Å². The minimum atomic E-state index is -0.810. The van der Waals surface area contributed by atoms with Crippen LogP contribution in [0.3, 0.4) is 0 Å². The molecule has 0 saturated heterocycles. The second-order valence-electron chi connectivity index (χ2n) is 8.66. The monoisotopic (exact) mass is 453 g/mol. The number of phenols is 1. The second kappa shape index (κ2) is 8.16. The van der Waals surface area contributed by atoms with Crippen LogP contribution in [-0.2, 0) is 6.42 Å². The number of aliphatic imine (C=N–C) groups is 1. The van der Waals surface area contributed by atoms with Gasteiger partial charge in [0.15, 0.2) is 11.0 Å². The molecule has 2 aromatic rings. The van der Waals surface area contributed by atoms with Crippen molar-refractivity contribution in [1.82, 2.24) is 0 Å². The quantitative estimate of drug-likeness (QED) is 0.628. The van der Waals surface area contributed by atoms with E-state index in [2.05, 4.69) is 4.99 Å². The molecule has 168 valence electrons. The number of carbonyl (C=O) groups is 1. The van der Waals surface area contributed by atoms with Gasteiger partial charge in [0.05, 0.1) is 17.2 Å². The Kier molecular flexibility index (Phi) is 5.67. The van der Waals surface area contributed by atoms with Crippen molar-refractivity contribution >= 4 is 28.5 Å². The van der Waals surface area contributed by atoms with Gasteiger partial charge in [0.25, 0.3) is 0 Å². The lowest BCUT2D eigenvalue weighted by Crippen LogP contribution is -2.44. The van der Waals surface area contributed by atoms with Crippen LogP contribution in [0, 0.1) is 26.2 Å². The van der Waals surface area contributed by atoms with Crippen LogP contribution in [-0.4, -0.2) is 39.4 Å². The predicted molar refractivity (Wildman–Crippen MR) is 127 cm³/mol. The lowest BCUT2D eigenvalue weighted by Gasteiger charge is -2.36. The molecule has 8 heteroatoms. The number of aromatic hydroxyl groups is 1. The highest BCUT2D eigenvalue weighted by Crippen LogP contribution is 2.43. The number of fused-ring (bicyclic) bond motifs is 1. The van der Waals surface area contributed by atoms with Gasteiger partial charge in [-0.3, -0.25) is 10.2 Å². The molecule has 7 nitrogen and oxygen atoms in total. The summed E-state index contributed by atoms with van der Waals surface area (Å²) >= 11 is 1.36. The summed E-state index contributed by atoms with van der Waals surface area (Å²) < 4.78 is 12.3. The Labute approximate surface area is 191 Å². The number of carbonyl (C=O) groups excluding carboxylic acids is 1. The molecular formula is C24H27N3O4S. The molecule has 0 fully saturated rings. The molecule has 2 atom stereocenters. The van der Waals surface area contributed by atoms with Gasteiger partial charge in [-0.25, -0.2) is 4.99 Å². The number of nitrogens with zero attached hydrogens (tertiary/aromatic N) is 1. The van der Waals surface area contributed by atoms with E-state index >= 15 is 0 Å². The Bertz CT molecular complexity index is 1140. The van der Waals surface area contributed by atoms with Crippen molar-refractivity contribution in [3.05, 3.63) is 52.1 Å². The van der Waals surface area contributed by atoms with E-state index in [9.17, 15) is 9.90 Å². The van der Waals surface area contributed by atoms with Gasteiger partial charge in [-0.1, -0.05) is 23.9 Å². The first-order valence-corrected chi connectivity index (χ1v) is 11.3. The van der Waals surface area contributed by atoms with Crippen LogP contribution in [0.25, 0.3) is 0 Å². The van der Waals surface area contributed by atoms with Gasteiger partial charge in [0, 0.05) is 5.56 Å². The molecular weight excluding hydrogens is 426 g/mol. The fraction of sp³-hybridized carbons (Fsp3) is 0.375. The first kappa shape index (κ1) is 22.2. The topological polar surface area (TPSA) is 118 Å². The maximum atomic E-state index is 12.9. The third kappa shape index (κ3) is 4.07. The Morgan fingerprint density at radius 2 is 1.94 bits per heavy atom. The van der Waals surface area contributed by atoms with Crippen molar-refractivity contribution in [1.29, 1.82) is 5.41 Å². The lowest BCUT2D eigenvalue weighted by molar-refractivity contribution is 0.0182. The zero-order valence-corrected chi connectivity index (χ0v) is 19.4. The van der Waals surface area contributed by atoms with Crippen LogP contribution in [0.15, 0.2) is 29.3 Å². The van der Waals surface area contributed by atoms with E-state index in [1.807, 2.05) is 45.0 Å². The Hall–Kier alpha value is -3.00. The number of nitrogens with one attached hydrogen (secondary N) is 1. The van der Waals surface area contributed by atoms with E-state index < -0.39 is 5.60 Å². The Balaban J connectivity index is 1.45. The number of Topliss-reactive ketones (excluding diaryl/α,β-unsaturated/α-hetero) is 1. The average molecular weight is 454 g/mol. The van der Waals surface area contributed by atoms with Crippen molar-refractivity contribution in [2.45, 2.75) is 51.4 Å². The van der Waals surface area contributed by atoms with Crippen molar-refractivity contribution < 1.29 is 19.4 Å². The van der Waals surface area contributed by atoms with Gasteiger partial charge in [-0.15, -0.1) is 0 Å². The number of benzene rings is 2. The van der Waals surface area contributed by atoms with Crippen LogP contribution in [0.4, 0.5) is 0 Å².